The van der Waals surface area contributed by atoms with Gasteiger partial charge in [0.15, 0.2) is 11.5 Å². The van der Waals surface area contributed by atoms with Crippen molar-refractivity contribution < 1.29 is 28.6 Å². The number of nitrogens with zero attached hydrogens (tertiary/aromatic N) is 1. The molecule has 2 aromatic rings. The number of benzene rings is 2. The van der Waals surface area contributed by atoms with Crippen molar-refractivity contribution in [3.05, 3.63) is 56.4 Å². The molecule has 162 valence electrons. The summed E-state index contributed by atoms with van der Waals surface area (Å²) >= 11 is 12.9. The summed E-state index contributed by atoms with van der Waals surface area (Å²) in [7, 11) is 2.82. The first-order chi connectivity index (χ1) is 14.7. The molecule has 0 unspecified atom stereocenters. The molecule has 0 atom stereocenters. The molecular formula is C21H17Cl2NO6S. The molecule has 0 aliphatic carbocycles. The molecular weight excluding hydrogens is 465 g/mol. The summed E-state index contributed by atoms with van der Waals surface area (Å²) < 4.78 is 15.7. The monoisotopic (exact) mass is 481 g/mol. The second kappa shape index (κ2) is 9.64. The minimum atomic E-state index is -0.536. The lowest BCUT2D eigenvalue weighted by molar-refractivity contribution is -0.132. The molecule has 3 rings (SSSR count). The van der Waals surface area contributed by atoms with Crippen LogP contribution in [-0.4, -0.2) is 36.2 Å². The van der Waals surface area contributed by atoms with E-state index in [1.54, 1.807) is 30.3 Å². The maximum atomic E-state index is 12.8. The van der Waals surface area contributed by atoms with Crippen molar-refractivity contribution in [2.24, 2.45) is 0 Å². The van der Waals surface area contributed by atoms with Gasteiger partial charge in [0.1, 0.15) is 0 Å². The third kappa shape index (κ3) is 5.15. The Balaban J connectivity index is 1.91. The highest BCUT2D eigenvalue weighted by Gasteiger charge is 2.35. The van der Waals surface area contributed by atoms with E-state index in [1.165, 1.54) is 27.2 Å². The largest absolute Gasteiger partial charge is 0.493 e. The predicted octanol–water partition coefficient (Wildman–Crippen LogP) is 5.17. The maximum absolute atomic E-state index is 12.8. The number of amides is 2. The highest BCUT2D eigenvalue weighted by atomic mass is 35.5. The van der Waals surface area contributed by atoms with Crippen LogP contribution in [0.4, 0.5) is 4.79 Å². The standard InChI is InChI=1S/C21H17Cl2NO6S/c1-11(25)30-19-16(28-2)6-12(7-17(19)29-3)8-18-20(26)24(21(27)31-18)10-13-4-5-14(22)9-15(13)23/h4-9H,10H2,1-3H3/b18-8-. The number of halogens is 2. The van der Waals surface area contributed by atoms with E-state index in [0.29, 0.717) is 21.2 Å². The van der Waals surface area contributed by atoms with Crippen molar-refractivity contribution in [3.8, 4) is 17.2 Å². The fourth-order valence-electron chi connectivity index (χ4n) is 2.84. The van der Waals surface area contributed by atoms with Crippen LogP contribution in [0.1, 0.15) is 18.1 Å². The molecule has 1 fully saturated rings. The van der Waals surface area contributed by atoms with E-state index in [4.69, 9.17) is 37.4 Å². The number of imide groups is 1. The van der Waals surface area contributed by atoms with Crippen LogP contribution in [0.25, 0.3) is 6.08 Å². The molecule has 1 heterocycles. The molecule has 2 amide bonds. The van der Waals surface area contributed by atoms with Gasteiger partial charge in [-0.1, -0.05) is 29.3 Å². The van der Waals surface area contributed by atoms with Crippen molar-refractivity contribution in [3.63, 3.8) is 0 Å². The number of rotatable bonds is 6. The van der Waals surface area contributed by atoms with Gasteiger partial charge >= 0.3 is 5.97 Å². The van der Waals surface area contributed by atoms with Crippen LogP contribution >= 0.6 is 35.0 Å². The molecule has 7 nitrogen and oxygen atoms in total. The van der Waals surface area contributed by atoms with Crippen molar-refractivity contribution >= 4 is 58.2 Å². The average Bonchev–Trinajstić information content (AvgIpc) is 2.97. The number of ether oxygens (including phenoxy) is 3. The van der Waals surface area contributed by atoms with Crippen LogP contribution in [-0.2, 0) is 16.1 Å². The SMILES string of the molecule is COc1cc(/C=C2\SC(=O)N(Cc3ccc(Cl)cc3Cl)C2=O)cc(OC)c1OC(C)=O. The zero-order chi connectivity index (χ0) is 22.7. The Morgan fingerprint density at radius 3 is 2.29 bits per heavy atom. The molecule has 0 bridgehead atoms. The number of methoxy groups -OCH3 is 2. The van der Waals surface area contributed by atoms with E-state index in [2.05, 4.69) is 0 Å². The minimum absolute atomic E-state index is 0.0238. The Hall–Kier alpha value is -2.68. The van der Waals surface area contributed by atoms with Gasteiger partial charge in [0.05, 0.1) is 25.7 Å². The summed E-state index contributed by atoms with van der Waals surface area (Å²) in [6.07, 6.45) is 1.54. The lowest BCUT2D eigenvalue weighted by atomic mass is 10.1. The summed E-state index contributed by atoms with van der Waals surface area (Å²) in [6.45, 7) is 1.28. The van der Waals surface area contributed by atoms with Crippen LogP contribution in [0.2, 0.25) is 10.0 Å². The lowest BCUT2D eigenvalue weighted by Gasteiger charge is -2.14. The first kappa shape index (κ1) is 23.0. The number of esters is 1. The molecule has 31 heavy (non-hydrogen) atoms. The third-order valence-electron chi connectivity index (χ3n) is 4.24. The Morgan fingerprint density at radius 2 is 1.74 bits per heavy atom. The van der Waals surface area contributed by atoms with Crippen LogP contribution in [0.3, 0.4) is 0 Å². The smallest absolute Gasteiger partial charge is 0.308 e. The second-order valence-electron chi connectivity index (χ2n) is 6.35. The molecule has 0 N–H and O–H groups in total. The van der Waals surface area contributed by atoms with Gasteiger partial charge < -0.3 is 14.2 Å². The van der Waals surface area contributed by atoms with Gasteiger partial charge in [-0.2, -0.15) is 0 Å². The van der Waals surface area contributed by atoms with Crippen molar-refractivity contribution in [1.82, 2.24) is 4.90 Å². The van der Waals surface area contributed by atoms with Crippen molar-refractivity contribution in [1.29, 1.82) is 0 Å². The summed E-state index contributed by atoms with van der Waals surface area (Å²) in [5, 5.41) is 0.409. The van der Waals surface area contributed by atoms with E-state index >= 15 is 0 Å². The van der Waals surface area contributed by atoms with Gasteiger partial charge in [0.25, 0.3) is 11.1 Å². The lowest BCUT2D eigenvalue weighted by Crippen LogP contribution is -2.27. The molecule has 1 aliphatic rings. The van der Waals surface area contributed by atoms with Gasteiger partial charge in [-0.05, 0) is 53.2 Å². The average molecular weight is 482 g/mol. The Kier molecular flexibility index (Phi) is 7.15. The molecule has 0 spiro atoms. The third-order valence-corrected chi connectivity index (χ3v) is 5.74. The quantitative estimate of drug-likeness (QED) is 0.319. The topological polar surface area (TPSA) is 82.1 Å². The fourth-order valence-corrected chi connectivity index (χ4v) is 4.14. The van der Waals surface area contributed by atoms with Gasteiger partial charge in [0, 0.05) is 17.0 Å². The zero-order valence-corrected chi connectivity index (χ0v) is 19.1. The van der Waals surface area contributed by atoms with Crippen LogP contribution in [0.5, 0.6) is 17.2 Å². The van der Waals surface area contributed by atoms with Crippen LogP contribution in [0.15, 0.2) is 35.2 Å². The van der Waals surface area contributed by atoms with Gasteiger partial charge in [0.2, 0.25) is 5.75 Å². The van der Waals surface area contributed by atoms with E-state index in [1.807, 2.05) is 0 Å². The zero-order valence-electron chi connectivity index (χ0n) is 16.7. The number of hydrogen-bond acceptors (Lipinski definition) is 7. The molecule has 10 heteroatoms. The first-order valence-corrected chi connectivity index (χ1v) is 10.4. The second-order valence-corrected chi connectivity index (χ2v) is 8.19. The predicted molar refractivity (Wildman–Crippen MR) is 119 cm³/mol. The normalized spacial score (nSPS) is 14.9. The number of carbonyl (C=O) groups is 3. The van der Waals surface area contributed by atoms with E-state index in [0.717, 1.165) is 16.7 Å². The Morgan fingerprint density at radius 1 is 1.10 bits per heavy atom. The molecule has 1 aliphatic heterocycles. The van der Waals surface area contributed by atoms with E-state index in [-0.39, 0.29) is 28.7 Å². The minimum Gasteiger partial charge on any atom is -0.493 e. The summed E-state index contributed by atoms with van der Waals surface area (Å²) in [5.41, 5.74) is 1.13. The van der Waals surface area contributed by atoms with E-state index < -0.39 is 17.1 Å². The highest BCUT2D eigenvalue weighted by Crippen LogP contribution is 2.41. The summed E-state index contributed by atoms with van der Waals surface area (Å²) in [5.74, 6) is -0.379. The molecule has 0 saturated carbocycles. The van der Waals surface area contributed by atoms with Crippen molar-refractivity contribution in [2.45, 2.75) is 13.5 Å². The Labute approximate surface area is 192 Å². The number of hydrogen-bond donors (Lipinski definition) is 0. The molecule has 0 aromatic heterocycles. The van der Waals surface area contributed by atoms with Crippen LogP contribution in [0, 0.1) is 0 Å². The highest BCUT2D eigenvalue weighted by molar-refractivity contribution is 8.18. The maximum Gasteiger partial charge on any atom is 0.308 e. The van der Waals surface area contributed by atoms with Crippen LogP contribution < -0.4 is 14.2 Å². The summed E-state index contributed by atoms with van der Waals surface area (Å²) in [6, 6.07) is 8.01. The Bertz CT molecular complexity index is 1080. The number of carbonyl (C=O) groups excluding carboxylic acids is 3. The van der Waals surface area contributed by atoms with Gasteiger partial charge in [-0.15, -0.1) is 0 Å². The van der Waals surface area contributed by atoms with Crippen molar-refractivity contribution in [2.75, 3.05) is 14.2 Å². The van der Waals surface area contributed by atoms with Gasteiger partial charge in [-0.25, -0.2) is 0 Å². The molecule has 2 aromatic carbocycles. The van der Waals surface area contributed by atoms with E-state index in [9.17, 15) is 14.4 Å². The van der Waals surface area contributed by atoms with Gasteiger partial charge in [-0.3, -0.25) is 19.3 Å². The molecule has 0 radical (unpaired) electrons. The fraction of sp³-hybridized carbons (Fsp3) is 0.190. The first-order valence-electron chi connectivity index (χ1n) is 8.87. The molecule has 1 saturated heterocycles. The summed E-state index contributed by atoms with van der Waals surface area (Å²) in [4.78, 5) is 38.0. The number of thioether (sulfide) groups is 1.